The van der Waals surface area contributed by atoms with Crippen LogP contribution >= 0.6 is 0 Å². The highest BCUT2D eigenvalue weighted by Gasteiger charge is 2.06. The third-order valence-electron chi connectivity index (χ3n) is 1.70. The number of carboxylic acid groups (broad SMARTS) is 1. The van der Waals surface area contributed by atoms with E-state index in [-0.39, 0.29) is 13.1 Å². The molecule has 76 valence electrons. The average molecular weight is 196 g/mol. The molecule has 5 heteroatoms. The molecule has 0 saturated carbocycles. The molecule has 0 amide bonds. The normalized spacial score (nSPS) is 12.4. The van der Waals surface area contributed by atoms with E-state index in [9.17, 15) is 9.90 Å². The fourth-order valence-electron chi connectivity index (χ4n) is 1.02. The van der Waals surface area contributed by atoms with Crippen molar-refractivity contribution < 1.29 is 15.0 Å². The van der Waals surface area contributed by atoms with Crippen LogP contribution in [0.3, 0.4) is 0 Å². The van der Waals surface area contributed by atoms with Gasteiger partial charge in [-0.3, -0.25) is 9.78 Å². The zero-order valence-corrected chi connectivity index (χ0v) is 7.55. The molecule has 1 rings (SSSR count). The average Bonchev–Trinajstić information content (AvgIpc) is 2.18. The summed E-state index contributed by atoms with van der Waals surface area (Å²) in [6.07, 6.45) is 2.46. The van der Waals surface area contributed by atoms with Crippen molar-refractivity contribution in [3.05, 3.63) is 30.1 Å². The van der Waals surface area contributed by atoms with Crippen molar-refractivity contribution in [1.82, 2.24) is 10.3 Å². The lowest BCUT2D eigenvalue weighted by molar-refractivity contribution is -0.136. The van der Waals surface area contributed by atoms with Crippen molar-refractivity contribution in [2.45, 2.75) is 6.10 Å². The Kier molecular flexibility index (Phi) is 4.03. The van der Waals surface area contributed by atoms with Gasteiger partial charge in [-0.1, -0.05) is 0 Å². The van der Waals surface area contributed by atoms with Gasteiger partial charge in [0.15, 0.2) is 0 Å². The van der Waals surface area contributed by atoms with E-state index in [1.165, 1.54) is 0 Å². The lowest BCUT2D eigenvalue weighted by Crippen LogP contribution is -2.27. The first kappa shape index (κ1) is 10.6. The number of aliphatic carboxylic acids is 1. The molecular formula is C9H12N2O3. The molecule has 0 fully saturated rings. The summed E-state index contributed by atoms with van der Waals surface area (Å²) in [5.74, 6) is -0.938. The summed E-state index contributed by atoms with van der Waals surface area (Å²) in [6.45, 7) is 0.0679. The molecule has 3 N–H and O–H groups in total. The van der Waals surface area contributed by atoms with E-state index in [4.69, 9.17) is 5.11 Å². The lowest BCUT2D eigenvalue weighted by Gasteiger charge is -2.10. The predicted octanol–water partition coefficient (Wildman–Crippen LogP) is -0.211. The molecule has 0 aliphatic rings. The highest BCUT2D eigenvalue weighted by Crippen LogP contribution is 2.08. The van der Waals surface area contributed by atoms with Crippen LogP contribution in [0.5, 0.6) is 0 Å². The number of carboxylic acids is 1. The van der Waals surface area contributed by atoms with Crippen molar-refractivity contribution in [3.63, 3.8) is 0 Å². The van der Waals surface area contributed by atoms with Crippen LogP contribution in [0, 0.1) is 0 Å². The van der Waals surface area contributed by atoms with E-state index < -0.39 is 12.1 Å². The molecule has 5 nitrogen and oxygen atoms in total. The number of hydrogen-bond acceptors (Lipinski definition) is 4. The SMILES string of the molecule is O=C(O)CNCC(O)c1ccncc1. The van der Waals surface area contributed by atoms with Gasteiger partial charge in [-0.15, -0.1) is 0 Å². The van der Waals surface area contributed by atoms with Crippen LogP contribution in [-0.4, -0.2) is 34.3 Å². The third kappa shape index (κ3) is 3.51. The zero-order chi connectivity index (χ0) is 10.4. The van der Waals surface area contributed by atoms with Crippen LogP contribution in [0.15, 0.2) is 24.5 Å². The third-order valence-corrected chi connectivity index (χ3v) is 1.70. The van der Waals surface area contributed by atoms with Gasteiger partial charge in [-0.2, -0.15) is 0 Å². The smallest absolute Gasteiger partial charge is 0.317 e. The Morgan fingerprint density at radius 3 is 2.71 bits per heavy atom. The molecule has 0 aromatic carbocycles. The first-order chi connectivity index (χ1) is 6.70. The number of nitrogens with one attached hydrogen (secondary N) is 1. The maximum atomic E-state index is 10.2. The van der Waals surface area contributed by atoms with E-state index in [1.54, 1.807) is 24.5 Å². The maximum absolute atomic E-state index is 10.2. The second-order valence-corrected chi connectivity index (χ2v) is 2.82. The molecule has 1 aromatic rings. The molecule has 0 aliphatic heterocycles. The summed E-state index contributed by atoms with van der Waals surface area (Å²) in [6, 6.07) is 3.38. The van der Waals surface area contributed by atoms with Gasteiger partial charge < -0.3 is 15.5 Å². The minimum absolute atomic E-state index is 0.151. The number of aromatic nitrogens is 1. The fourth-order valence-corrected chi connectivity index (χ4v) is 1.02. The number of nitrogens with zero attached hydrogens (tertiary/aromatic N) is 1. The van der Waals surface area contributed by atoms with Gasteiger partial charge in [-0.05, 0) is 17.7 Å². The number of rotatable bonds is 5. The molecule has 0 saturated heterocycles. The van der Waals surface area contributed by atoms with Gasteiger partial charge in [0.2, 0.25) is 0 Å². The van der Waals surface area contributed by atoms with Gasteiger partial charge in [0.05, 0.1) is 12.6 Å². The Bertz CT molecular complexity index is 289. The first-order valence-electron chi connectivity index (χ1n) is 4.20. The quantitative estimate of drug-likeness (QED) is 0.607. The maximum Gasteiger partial charge on any atom is 0.317 e. The number of carbonyl (C=O) groups is 1. The van der Waals surface area contributed by atoms with Gasteiger partial charge in [0, 0.05) is 18.9 Å². The van der Waals surface area contributed by atoms with Crippen molar-refractivity contribution in [2.75, 3.05) is 13.1 Å². The van der Waals surface area contributed by atoms with Crippen molar-refractivity contribution >= 4 is 5.97 Å². The minimum Gasteiger partial charge on any atom is -0.480 e. The van der Waals surface area contributed by atoms with Gasteiger partial charge >= 0.3 is 5.97 Å². The fraction of sp³-hybridized carbons (Fsp3) is 0.333. The summed E-state index contributed by atoms with van der Waals surface area (Å²) < 4.78 is 0. The van der Waals surface area contributed by atoms with E-state index in [0.29, 0.717) is 0 Å². The Labute approximate surface area is 81.4 Å². The molecule has 1 atom stereocenters. The number of hydrogen-bond donors (Lipinski definition) is 3. The van der Waals surface area contributed by atoms with Crippen molar-refractivity contribution in [1.29, 1.82) is 0 Å². The molecule has 1 aromatic heterocycles. The minimum atomic E-state index is -0.938. The largest absolute Gasteiger partial charge is 0.480 e. The second kappa shape index (κ2) is 5.31. The second-order valence-electron chi connectivity index (χ2n) is 2.82. The van der Waals surface area contributed by atoms with Crippen LogP contribution in [0.2, 0.25) is 0 Å². The van der Waals surface area contributed by atoms with Crippen LogP contribution in [0.1, 0.15) is 11.7 Å². The van der Waals surface area contributed by atoms with Gasteiger partial charge in [0.25, 0.3) is 0 Å². The number of pyridine rings is 1. The zero-order valence-electron chi connectivity index (χ0n) is 7.55. The highest BCUT2D eigenvalue weighted by molar-refractivity contribution is 5.68. The summed E-state index contributed by atoms with van der Waals surface area (Å²) >= 11 is 0. The molecule has 0 spiro atoms. The number of aliphatic hydroxyl groups excluding tert-OH is 1. The Balaban J connectivity index is 2.36. The Morgan fingerprint density at radius 1 is 1.50 bits per heavy atom. The van der Waals surface area contributed by atoms with E-state index in [1.807, 2.05) is 0 Å². The molecule has 0 radical (unpaired) electrons. The molecule has 0 aliphatic carbocycles. The van der Waals surface area contributed by atoms with E-state index >= 15 is 0 Å². The van der Waals surface area contributed by atoms with Crippen LogP contribution < -0.4 is 5.32 Å². The molecular weight excluding hydrogens is 184 g/mol. The van der Waals surface area contributed by atoms with Crippen LogP contribution in [0.4, 0.5) is 0 Å². The first-order valence-corrected chi connectivity index (χ1v) is 4.20. The summed E-state index contributed by atoms with van der Waals surface area (Å²) in [4.78, 5) is 14.0. The molecule has 1 unspecified atom stereocenters. The van der Waals surface area contributed by atoms with E-state index in [0.717, 1.165) is 5.56 Å². The number of aliphatic hydroxyl groups is 1. The highest BCUT2D eigenvalue weighted by atomic mass is 16.4. The standard InChI is InChI=1S/C9H12N2O3/c12-8(5-11-6-9(13)14)7-1-3-10-4-2-7/h1-4,8,11-12H,5-6H2,(H,13,14). The lowest BCUT2D eigenvalue weighted by atomic mass is 10.1. The Hall–Kier alpha value is -1.46. The van der Waals surface area contributed by atoms with Crippen molar-refractivity contribution in [3.8, 4) is 0 Å². The Morgan fingerprint density at radius 2 is 2.14 bits per heavy atom. The van der Waals surface area contributed by atoms with E-state index in [2.05, 4.69) is 10.3 Å². The molecule has 0 bridgehead atoms. The molecule has 1 heterocycles. The predicted molar refractivity (Wildman–Crippen MR) is 49.7 cm³/mol. The summed E-state index contributed by atoms with van der Waals surface area (Å²) in [5, 5.41) is 20.5. The van der Waals surface area contributed by atoms with Gasteiger partial charge in [0.1, 0.15) is 0 Å². The summed E-state index contributed by atoms with van der Waals surface area (Å²) in [5.41, 5.74) is 0.720. The van der Waals surface area contributed by atoms with Crippen LogP contribution in [-0.2, 0) is 4.79 Å². The molecule has 14 heavy (non-hydrogen) atoms. The monoisotopic (exact) mass is 196 g/mol. The van der Waals surface area contributed by atoms with Crippen LogP contribution in [0.25, 0.3) is 0 Å². The topological polar surface area (TPSA) is 82.5 Å². The summed E-state index contributed by atoms with van der Waals surface area (Å²) in [7, 11) is 0. The van der Waals surface area contributed by atoms with Gasteiger partial charge in [-0.25, -0.2) is 0 Å². The van der Waals surface area contributed by atoms with Crippen molar-refractivity contribution in [2.24, 2.45) is 0 Å².